The number of ether oxygens (including phenoxy) is 1. The van der Waals surface area contributed by atoms with Gasteiger partial charge in [-0.25, -0.2) is 8.42 Å². The van der Waals surface area contributed by atoms with Crippen molar-refractivity contribution in [3.8, 4) is 0 Å². The molecule has 84 valence electrons. The zero-order chi connectivity index (χ0) is 11.0. The van der Waals surface area contributed by atoms with Gasteiger partial charge in [0.05, 0.1) is 18.5 Å². The lowest BCUT2D eigenvalue weighted by atomic mass is 9.91. The van der Waals surface area contributed by atoms with Gasteiger partial charge in [-0.2, -0.15) is 4.31 Å². The molecule has 5 heteroatoms. The molecule has 1 unspecified atom stereocenters. The van der Waals surface area contributed by atoms with Crippen molar-refractivity contribution >= 4 is 10.0 Å². The molecule has 0 bridgehead atoms. The molecule has 0 spiro atoms. The van der Waals surface area contributed by atoms with Crippen molar-refractivity contribution in [3.63, 3.8) is 0 Å². The summed E-state index contributed by atoms with van der Waals surface area (Å²) in [4.78, 5) is 0. The minimum Gasteiger partial charge on any atom is -0.372 e. The van der Waals surface area contributed by atoms with Crippen LogP contribution >= 0.6 is 0 Å². The Morgan fingerprint density at radius 1 is 1.43 bits per heavy atom. The van der Waals surface area contributed by atoms with Gasteiger partial charge in [-0.15, -0.1) is 0 Å². The van der Waals surface area contributed by atoms with Crippen molar-refractivity contribution in [3.05, 3.63) is 0 Å². The minimum absolute atomic E-state index is 0.312. The summed E-state index contributed by atoms with van der Waals surface area (Å²) in [5.74, 6) is 0.312. The second kappa shape index (κ2) is 3.79. The van der Waals surface area contributed by atoms with Gasteiger partial charge in [-0.1, -0.05) is 13.8 Å². The van der Waals surface area contributed by atoms with Gasteiger partial charge in [-0.3, -0.25) is 0 Å². The first kappa shape index (κ1) is 11.9. The summed E-state index contributed by atoms with van der Waals surface area (Å²) in [5, 5.41) is 0. The second-order valence-electron chi connectivity index (χ2n) is 4.41. The van der Waals surface area contributed by atoms with E-state index in [9.17, 15) is 8.42 Å². The molecule has 0 saturated carbocycles. The number of morpholine rings is 1. The SMILES string of the molecule is CC(C)C1(C)CN(S(C)(=O)=O)CCO1. The van der Waals surface area contributed by atoms with Crippen LogP contribution in [0.4, 0.5) is 0 Å². The smallest absolute Gasteiger partial charge is 0.211 e. The number of nitrogens with zero attached hydrogens (tertiary/aromatic N) is 1. The quantitative estimate of drug-likeness (QED) is 0.689. The van der Waals surface area contributed by atoms with Gasteiger partial charge in [0, 0.05) is 13.1 Å². The van der Waals surface area contributed by atoms with Crippen LogP contribution in [0.25, 0.3) is 0 Å². The van der Waals surface area contributed by atoms with Gasteiger partial charge in [0.2, 0.25) is 10.0 Å². The van der Waals surface area contributed by atoms with E-state index in [1.54, 1.807) is 0 Å². The van der Waals surface area contributed by atoms with E-state index >= 15 is 0 Å². The van der Waals surface area contributed by atoms with Crippen LogP contribution in [-0.2, 0) is 14.8 Å². The highest BCUT2D eigenvalue weighted by Gasteiger charge is 2.37. The Morgan fingerprint density at radius 3 is 2.43 bits per heavy atom. The molecule has 1 fully saturated rings. The summed E-state index contributed by atoms with van der Waals surface area (Å²) < 4.78 is 29.9. The molecule has 1 saturated heterocycles. The Morgan fingerprint density at radius 2 is 2.00 bits per heavy atom. The highest BCUT2D eigenvalue weighted by Crippen LogP contribution is 2.26. The van der Waals surface area contributed by atoms with Crippen molar-refractivity contribution in [2.75, 3.05) is 26.0 Å². The molecular formula is C9H19NO3S. The first-order valence-corrected chi connectivity index (χ1v) is 6.69. The van der Waals surface area contributed by atoms with Gasteiger partial charge in [0.15, 0.2) is 0 Å². The second-order valence-corrected chi connectivity index (χ2v) is 6.39. The van der Waals surface area contributed by atoms with Crippen LogP contribution in [0.5, 0.6) is 0 Å². The summed E-state index contributed by atoms with van der Waals surface area (Å²) in [6.45, 7) is 7.49. The van der Waals surface area contributed by atoms with E-state index in [2.05, 4.69) is 0 Å². The summed E-state index contributed by atoms with van der Waals surface area (Å²) in [6.07, 6.45) is 1.25. The standard InChI is InChI=1S/C9H19NO3S/c1-8(2)9(3)7-10(5-6-13-9)14(4,11)12/h8H,5-7H2,1-4H3. The van der Waals surface area contributed by atoms with E-state index < -0.39 is 10.0 Å². The lowest BCUT2D eigenvalue weighted by molar-refractivity contribution is -0.104. The third-order valence-electron chi connectivity index (χ3n) is 2.95. The summed E-state index contributed by atoms with van der Waals surface area (Å²) in [7, 11) is -3.08. The molecule has 1 rings (SSSR count). The average Bonchev–Trinajstić information content (AvgIpc) is 2.02. The molecular weight excluding hydrogens is 202 g/mol. The van der Waals surface area contributed by atoms with Gasteiger partial charge in [0.1, 0.15) is 0 Å². The molecule has 0 aromatic rings. The van der Waals surface area contributed by atoms with Crippen LogP contribution in [0, 0.1) is 5.92 Å². The Kier molecular flexibility index (Phi) is 3.23. The molecule has 14 heavy (non-hydrogen) atoms. The van der Waals surface area contributed by atoms with Crippen molar-refractivity contribution in [1.29, 1.82) is 0 Å². The van der Waals surface area contributed by atoms with Gasteiger partial charge < -0.3 is 4.74 Å². The fraction of sp³-hybridized carbons (Fsp3) is 1.00. The van der Waals surface area contributed by atoms with E-state index in [1.807, 2.05) is 20.8 Å². The van der Waals surface area contributed by atoms with Crippen molar-refractivity contribution < 1.29 is 13.2 Å². The normalized spacial score (nSPS) is 30.9. The topological polar surface area (TPSA) is 46.6 Å². The predicted molar refractivity (Wildman–Crippen MR) is 55.6 cm³/mol. The zero-order valence-electron chi connectivity index (χ0n) is 9.28. The molecule has 1 aliphatic heterocycles. The molecule has 0 N–H and O–H groups in total. The summed E-state index contributed by atoms with van der Waals surface area (Å²) in [5.41, 5.74) is -0.346. The number of sulfonamides is 1. The van der Waals surface area contributed by atoms with Gasteiger partial charge in [-0.05, 0) is 12.8 Å². The number of rotatable bonds is 2. The minimum atomic E-state index is -3.08. The Hall–Kier alpha value is -0.130. The van der Waals surface area contributed by atoms with Gasteiger partial charge >= 0.3 is 0 Å². The summed E-state index contributed by atoms with van der Waals surface area (Å²) >= 11 is 0. The maximum Gasteiger partial charge on any atom is 0.211 e. The average molecular weight is 221 g/mol. The zero-order valence-corrected chi connectivity index (χ0v) is 10.1. The predicted octanol–water partition coefficient (Wildman–Crippen LogP) is 0.693. The highest BCUT2D eigenvalue weighted by atomic mass is 32.2. The molecule has 1 heterocycles. The first-order chi connectivity index (χ1) is 6.26. The molecule has 0 aromatic carbocycles. The monoisotopic (exact) mass is 221 g/mol. The van der Waals surface area contributed by atoms with E-state index in [4.69, 9.17) is 4.74 Å². The van der Waals surface area contributed by atoms with Crippen LogP contribution in [0.2, 0.25) is 0 Å². The van der Waals surface area contributed by atoms with E-state index in [0.29, 0.717) is 25.6 Å². The lowest BCUT2D eigenvalue weighted by Crippen LogP contribution is -2.54. The maximum absolute atomic E-state index is 11.4. The maximum atomic E-state index is 11.4. The largest absolute Gasteiger partial charge is 0.372 e. The van der Waals surface area contributed by atoms with Crippen LogP contribution < -0.4 is 0 Å². The van der Waals surface area contributed by atoms with Crippen LogP contribution in [0.15, 0.2) is 0 Å². The van der Waals surface area contributed by atoms with Crippen molar-refractivity contribution in [2.24, 2.45) is 5.92 Å². The Labute approximate surface area is 86.3 Å². The third kappa shape index (κ3) is 2.46. The molecule has 0 aromatic heterocycles. The van der Waals surface area contributed by atoms with E-state index in [1.165, 1.54) is 10.6 Å². The molecule has 4 nitrogen and oxygen atoms in total. The fourth-order valence-electron chi connectivity index (χ4n) is 1.49. The van der Waals surface area contributed by atoms with Crippen LogP contribution in [0.1, 0.15) is 20.8 Å². The molecule has 1 aliphatic rings. The highest BCUT2D eigenvalue weighted by molar-refractivity contribution is 7.88. The van der Waals surface area contributed by atoms with Crippen molar-refractivity contribution in [1.82, 2.24) is 4.31 Å². The van der Waals surface area contributed by atoms with E-state index in [-0.39, 0.29) is 5.60 Å². The molecule has 0 radical (unpaired) electrons. The van der Waals surface area contributed by atoms with Crippen LogP contribution in [0.3, 0.4) is 0 Å². The van der Waals surface area contributed by atoms with Gasteiger partial charge in [0.25, 0.3) is 0 Å². The Bertz CT molecular complexity index is 299. The third-order valence-corrected chi connectivity index (χ3v) is 4.20. The molecule has 0 amide bonds. The summed E-state index contributed by atoms with van der Waals surface area (Å²) in [6, 6.07) is 0. The fourth-order valence-corrected chi connectivity index (χ4v) is 2.38. The molecule has 0 aliphatic carbocycles. The number of hydrogen-bond donors (Lipinski definition) is 0. The first-order valence-electron chi connectivity index (χ1n) is 4.85. The van der Waals surface area contributed by atoms with Crippen LogP contribution in [-0.4, -0.2) is 44.3 Å². The van der Waals surface area contributed by atoms with Crippen molar-refractivity contribution in [2.45, 2.75) is 26.4 Å². The number of hydrogen-bond acceptors (Lipinski definition) is 3. The Balaban J connectivity index is 2.80. The molecule has 1 atom stereocenters. The van der Waals surface area contributed by atoms with E-state index in [0.717, 1.165) is 0 Å². The lowest BCUT2D eigenvalue weighted by Gasteiger charge is -2.42.